The van der Waals surface area contributed by atoms with Crippen molar-refractivity contribution in [1.82, 2.24) is 0 Å². The number of esters is 1. The SMILES string of the molecule is COc1ccc2ccc(OC(=O)c3sccc3OC(F)F)cc2c1. The van der Waals surface area contributed by atoms with Gasteiger partial charge in [0, 0.05) is 0 Å². The molecule has 0 atom stereocenters. The van der Waals surface area contributed by atoms with Crippen LogP contribution < -0.4 is 14.2 Å². The molecule has 0 fully saturated rings. The quantitative estimate of drug-likeness (QED) is 0.493. The molecule has 3 rings (SSSR count). The molecule has 0 radical (unpaired) electrons. The highest BCUT2D eigenvalue weighted by molar-refractivity contribution is 7.12. The summed E-state index contributed by atoms with van der Waals surface area (Å²) in [7, 11) is 1.56. The van der Waals surface area contributed by atoms with Crippen LogP contribution in [0.5, 0.6) is 17.2 Å². The van der Waals surface area contributed by atoms with Gasteiger partial charge in [-0.2, -0.15) is 8.78 Å². The summed E-state index contributed by atoms with van der Waals surface area (Å²) in [5.41, 5.74) is 0. The molecule has 0 saturated carbocycles. The van der Waals surface area contributed by atoms with E-state index in [-0.39, 0.29) is 10.6 Å². The summed E-state index contributed by atoms with van der Waals surface area (Å²) in [6, 6.07) is 11.9. The third-order valence-corrected chi connectivity index (χ3v) is 4.14. The van der Waals surface area contributed by atoms with Crippen molar-refractivity contribution in [3.63, 3.8) is 0 Å². The molecule has 1 heterocycles. The van der Waals surface area contributed by atoms with Crippen LogP contribution >= 0.6 is 11.3 Å². The predicted molar refractivity (Wildman–Crippen MR) is 86.4 cm³/mol. The number of alkyl halides is 2. The fraction of sp³-hybridized carbons (Fsp3) is 0.118. The largest absolute Gasteiger partial charge is 0.497 e. The van der Waals surface area contributed by atoms with E-state index >= 15 is 0 Å². The number of carbonyl (C=O) groups excluding carboxylic acids is 1. The molecule has 3 aromatic rings. The molecule has 2 aromatic carbocycles. The molecule has 0 aliphatic carbocycles. The van der Waals surface area contributed by atoms with E-state index in [0.717, 1.165) is 22.1 Å². The zero-order chi connectivity index (χ0) is 17.1. The van der Waals surface area contributed by atoms with Crippen LogP contribution in [-0.4, -0.2) is 19.7 Å². The highest BCUT2D eigenvalue weighted by Gasteiger charge is 2.19. The number of halogens is 2. The first-order valence-electron chi connectivity index (χ1n) is 6.89. The first kappa shape index (κ1) is 16.2. The van der Waals surface area contributed by atoms with Crippen LogP contribution in [0.15, 0.2) is 47.8 Å². The van der Waals surface area contributed by atoms with Crippen LogP contribution in [-0.2, 0) is 0 Å². The van der Waals surface area contributed by atoms with Gasteiger partial charge >= 0.3 is 12.6 Å². The van der Waals surface area contributed by atoms with Gasteiger partial charge in [-0.15, -0.1) is 11.3 Å². The number of methoxy groups -OCH3 is 1. The summed E-state index contributed by atoms with van der Waals surface area (Å²) in [5.74, 6) is 0.0411. The van der Waals surface area contributed by atoms with Gasteiger partial charge in [-0.25, -0.2) is 4.79 Å². The first-order chi connectivity index (χ1) is 11.6. The number of fused-ring (bicyclic) bond motifs is 1. The van der Waals surface area contributed by atoms with Gasteiger partial charge in [0.2, 0.25) is 0 Å². The molecular weight excluding hydrogens is 338 g/mol. The van der Waals surface area contributed by atoms with Crippen molar-refractivity contribution in [3.05, 3.63) is 52.7 Å². The van der Waals surface area contributed by atoms with Gasteiger partial charge < -0.3 is 14.2 Å². The summed E-state index contributed by atoms with van der Waals surface area (Å²) in [4.78, 5) is 12.2. The monoisotopic (exact) mass is 350 g/mol. The fourth-order valence-corrected chi connectivity index (χ4v) is 2.88. The number of hydrogen-bond donors (Lipinski definition) is 0. The molecular formula is C17H12F2O4S. The third kappa shape index (κ3) is 3.46. The second-order valence-electron chi connectivity index (χ2n) is 4.76. The third-order valence-electron chi connectivity index (χ3n) is 3.26. The summed E-state index contributed by atoms with van der Waals surface area (Å²) >= 11 is 0.976. The van der Waals surface area contributed by atoms with Gasteiger partial charge in [0.05, 0.1) is 7.11 Å². The van der Waals surface area contributed by atoms with E-state index in [4.69, 9.17) is 9.47 Å². The van der Waals surface area contributed by atoms with Crippen LogP contribution in [0.1, 0.15) is 9.67 Å². The lowest BCUT2D eigenvalue weighted by atomic mass is 10.1. The normalized spacial score (nSPS) is 10.8. The molecule has 0 saturated heterocycles. The number of benzene rings is 2. The number of carbonyl (C=O) groups is 1. The van der Waals surface area contributed by atoms with Crippen LogP contribution in [0.3, 0.4) is 0 Å². The lowest BCUT2D eigenvalue weighted by Crippen LogP contribution is -2.10. The number of hydrogen-bond acceptors (Lipinski definition) is 5. The Labute approximate surface area is 140 Å². The van der Waals surface area contributed by atoms with E-state index in [9.17, 15) is 13.6 Å². The molecule has 4 nitrogen and oxygen atoms in total. The van der Waals surface area contributed by atoms with Crippen molar-refractivity contribution >= 4 is 28.1 Å². The lowest BCUT2D eigenvalue weighted by molar-refractivity contribution is -0.0499. The van der Waals surface area contributed by atoms with Crippen molar-refractivity contribution in [1.29, 1.82) is 0 Å². The van der Waals surface area contributed by atoms with E-state index in [0.29, 0.717) is 11.5 Å². The minimum Gasteiger partial charge on any atom is -0.497 e. The van der Waals surface area contributed by atoms with E-state index < -0.39 is 12.6 Å². The second kappa shape index (κ2) is 6.84. The molecule has 0 bridgehead atoms. The predicted octanol–water partition coefficient (Wildman–Crippen LogP) is 4.73. The summed E-state index contributed by atoms with van der Waals surface area (Å²) < 4.78 is 39.4. The van der Waals surface area contributed by atoms with E-state index in [1.54, 1.807) is 25.3 Å². The van der Waals surface area contributed by atoms with Crippen LogP contribution in [0.4, 0.5) is 8.78 Å². The summed E-state index contributed by atoms with van der Waals surface area (Å²) in [6.07, 6.45) is 0. The highest BCUT2D eigenvalue weighted by atomic mass is 32.1. The van der Waals surface area contributed by atoms with Gasteiger partial charge in [-0.05, 0) is 46.5 Å². The topological polar surface area (TPSA) is 44.8 Å². The van der Waals surface area contributed by atoms with Crippen LogP contribution in [0.25, 0.3) is 10.8 Å². The van der Waals surface area contributed by atoms with Crippen molar-refractivity contribution < 1.29 is 27.8 Å². The van der Waals surface area contributed by atoms with Gasteiger partial charge in [0.1, 0.15) is 11.5 Å². The van der Waals surface area contributed by atoms with Gasteiger partial charge in [0.25, 0.3) is 0 Å². The molecule has 0 N–H and O–H groups in total. The maximum absolute atomic E-state index is 12.3. The standard InChI is InChI=1S/C17H12F2O4S/c1-21-12-4-2-10-3-5-13(9-11(10)8-12)22-16(20)15-14(6-7-24-15)23-17(18)19/h2-9,17H,1H3. The van der Waals surface area contributed by atoms with Crippen molar-refractivity contribution in [3.8, 4) is 17.2 Å². The molecule has 0 spiro atoms. The molecule has 0 amide bonds. The Kier molecular flexibility index (Phi) is 4.61. The summed E-state index contributed by atoms with van der Waals surface area (Å²) in [5, 5.41) is 3.27. The number of thiophene rings is 1. The zero-order valence-corrected chi connectivity index (χ0v) is 13.3. The molecule has 7 heteroatoms. The Bertz CT molecular complexity index is 876. The number of rotatable bonds is 5. The lowest BCUT2D eigenvalue weighted by Gasteiger charge is -2.08. The fourth-order valence-electron chi connectivity index (χ4n) is 2.18. The van der Waals surface area contributed by atoms with Gasteiger partial charge in [0.15, 0.2) is 10.6 Å². The Morgan fingerprint density at radius 3 is 2.46 bits per heavy atom. The average Bonchev–Trinajstić information content (AvgIpc) is 3.01. The van der Waals surface area contributed by atoms with Crippen LogP contribution in [0, 0.1) is 0 Å². The van der Waals surface area contributed by atoms with E-state index in [2.05, 4.69) is 4.74 Å². The smallest absolute Gasteiger partial charge is 0.387 e. The van der Waals surface area contributed by atoms with Crippen molar-refractivity contribution in [2.45, 2.75) is 6.61 Å². The van der Waals surface area contributed by atoms with Gasteiger partial charge in [-0.1, -0.05) is 12.1 Å². The van der Waals surface area contributed by atoms with Crippen molar-refractivity contribution in [2.75, 3.05) is 7.11 Å². The van der Waals surface area contributed by atoms with Gasteiger partial charge in [-0.3, -0.25) is 0 Å². The zero-order valence-electron chi connectivity index (χ0n) is 12.5. The minimum atomic E-state index is -3.00. The first-order valence-corrected chi connectivity index (χ1v) is 7.77. The molecule has 1 aromatic heterocycles. The maximum atomic E-state index is 12.3. The molecule has 0 unspecified atom stereocenters. The maximum Gasteiger partial charge on any atom is 0.387 e. The second-order valence-corrected chi connectivity index (χ2v) is 5.67. The van der Waals surface area contributed by atoms with E-state index in [1.165, 1.54) is 11.4 Å². The minimum absolute atomic E-state index is 0.0129. The Morgan fingerprint density at radius 2 is 1.75 bits per heavy atom. The molecule has 0 aliphatic heterocycles. The Hall–Kier alpha value is -2.67. The summed E-state index contributed by atoms with van der Waals surface area (Å²) in [6.45, 7) is -3.00. The van der Waals surface area contributed by atoms with Crippen molar-refractivity contribution in [2.24, 2.45) is 0 Å². The Balaban J connectivity index is 1.84. The molecule has 124 valence electrons. The number of ether oxygens (including phenoxy) is 3. The average molecular weight is 350 g/mol. The van der Waals surface area contributed by atoms with E-state index in [1.807, 2.05) is 18.2 Å². The molecule has 0 aliphatic rings. The highest BCUT2D eigenvalue weighted by Crippen LogP contribution is 2.29. The van der Waals surface area contributed by atoms with Crippen LogP contribution in [0.2, 0.25) is 0 Å². The Morgan fingerprint density at radius 1 is 1.04 bits per heavy atom. The molecule has 24 heavy (non-hydrogen) atoms.